The van der Waals surface area contributed by atoms with Crippen LogP contribution >= 0.6 is 0 Å². The largest absolute Gasteiger partial charge is 0.508 e. The normalized spacial score (nSPS) is 19.8. The molecule has 1 aliphatic carbocycles. The summed E-state index contributed by atoms with van der Waals surface area (Å²) in [6, 6.07) is 13.0. The average molecular weight is 432 g/mol. The van der Waals surface area contributed by atoms with Crippen LogP contribution in [0.2, 0.25) is 0 Å². The zero-order valence-corrected chi connectivity index (χ0v) is 18.2. The van der Waals surface area contributed by atoms with Gasteiger partial charge in [-0.1, -0.05) is 24.3 Å². The summed E-state index contributed by atoms with van der Waals surface area (Å²) in [6.45, 7) is 3.60. The molecule has 1 saturated carbocycles. The molecular formula is C25H29N5O2. The van der Waals surface area contributed by atoms with Crippen LogP contribution in [0.4, 0.5) is 11.5 Å². The Hall–Kier alpha value is -3.06. The number of benzene rings is 2. The number of piperidine rings is 1. The molecule has 6 rings (SSSR count). The van der Waals surface area contributed by atoms with Gasteiger partial charge in [0.15, 0.2) is 0 Å². The topological polar surface area (TPSA) is 87.7 Å². The lowest BCUT2D eigenvalue weighted by Gasteiger charge is -2.33. The van der Waals surface area contributed by atoms with Gasteiger partial charge in [0.2, 0.25) is 0 Å². The highest BCUT2D eigenvalue weighted by molar-refractivity contribution is 5.95. The van der Waals surface area contributed by atoms with Crippen molar-refractivity contribution in [3.05, 3.63) is 47.7 Å². The van der Waals surface area contributed by atoms with Crippen LogP contribution in [-0.4, -0.2) is 51.8 Å². The molecule has 2 fully saturated rings. The third-order valence-corrected chi connectivity index (χ3v) is 7.05. The standard InChI is InChI=1S/C25H29N5O2/c26-24-21-9-12-30(23-14-18(31)13-16-3-1-2-4-20(16)23)15-22(21)27-25(28-24)32-19-7-10-29(11-8-19)17-5-6-17/h1-4,13-14,17,19,31H,5-12,15H2,(H2,26,27,28). The lowest BCUT2D eigenvalue weighted by molar-refractivity contribution is 0.0889. The van der Waals surface area contributed by atoms with Gasteiger partial charge >= 0.3 is 6.01 Å². The van der Waals surface area contributed by atoms with E-state index in [-0.39, 0.29) is 11.9 Å². The fourth-order valence-corrected chi connectivity index (χ4v) is 5.18. The van der Waals surface area contributed by atoms with E-state index in [0.29, 0.717) is 18.4 Å². The van der Waals surface area contributed by atoms with Gasteiger partial charge in [-0.2, -0.15) is 9.97 Å². The molecule has 3 heterocycles. The van der Waals surface area contributed by atoms with Gasteiger partial charge in [-0.05, 0) is 43.6 Å². The monoisotopic (exact) mass is 431 g/mol. The van der Waals surface area contributed by atoms with Crippen molar-refractivity contribution in [2.24, 2.45) is 0 Å². The van der Waals surface area contributed by atoms with E-state index in [0.717, 1.165) is 72.7 Å². The summed E-state index contributed by atoms with van der Waals surface area (Å²) in [6.07, 6.45) is 5.64. The van der Waals surface area contributed by atoms with Crippen molar-refractivity contribution in [3.8, 4) is 11.8 Å². The van der Waals surface area contributed by atoms with Gasteiger partial charge < -0.3 is 25.4 Å². The van der Waals surface area contributed by atoms with Crippen LogP contribution in [0.15, 0.2) is 36.4 Å². The summed E-state index contributed by atoms with van der Waals surface area (Å²) in [5.41, 5.74) is 9.26. The molecular weight excluding hydrogens is 402 g/mol. The number of hydrogen-bond acceptors (Lipinski definition) is 7. The first kappa shape index (κ1) is 19.6. The minimum absolute atomic E-state index is 0.150. The number of ether oxygens (including phenoxy) is 1. The number of nitrogens with two attached hydrogens (primary N) is 1. The molecule has 0 spiro atoms. The van der Waals surface area contributed by atoms with Gasteiger partial charge in [-0.25, -0.2) is 0 Å². The maximum atomic E-state index is 10.3. The first-order chi connectivity index (χ1) is 15.6. The smallest absolute Gasteiger partial charge is 0.318 e. The lowest BCUT2D eigenvalue weighted by Crippen LogP contribution is -2.39. The summed E-state index contributed by atoms with van der Waals surface area (Å²) in [4.78, 5) is 14.1. The van der Waals surface area contributed by atoms with E-state index >= 15 is 0 Å². The highest BCUT2D eigenvalue weighted by Gasteiger charge is 2.33. The van der Waals surface area contributed by atoms with Gasteiger partial charge in [0.1, 0.15) is 17.7 Å². The molecule has 3 N–H and O–H groups in total. The third kappa shape index (κ3) is 3.71. The van der Waals surface area contributed by atoms with Gasteiger partial charge in [0.25, 0.3) is 0 Å². The molecule has 2 aromatic carbocycles. The lowest BCUT2D eigenvalue weighted by atomic mass is 10.0. The van der Waals surface area contributed by atoms with Crippen LogP contribution in [-0.2, 0) is 13.0 Å². The first-order valence-corrected chi connectivity index (χ1v) is 11.7. The predicted molar refractivity (Wildman–Crippen MR) is 125 cm³/mol. The van der Waals surface area contributed by atoms with Crippen LogP contribution in [0, 0.1) is 0 Å². The molecule has 32 heavy (non-hydrogen) atoms. The van der Waals surface area contributed by atoms with Crippen molar-refractivity contribution in [2.45, 2.75) is 50.8 Å². The quantitative estimate of drug-likeness (QED) is 0.654. The van der Waals surface area contributed by atoms with E-state index in [4.69, 9.17) is 15.5 Å². The Morgan fingerprint density at radius 2 is 1.81 bits per heavy atom. The van der Waals surface area contributed by atoms with E-state index in [1.165, 1.54) is 12.8 Å². The zero-order valence-electron chi connectivity index (χ0n) is 18.2. The summed E-state index contributed by atoms with van der Waals surface area (Å²) < 4.78 is 6.19. The van der Waals surface area contributed by atoms with Crippen LogP contribution < -0.4 is 15.4 Å². The number of hydrogen-bond donors (Lipinski definition) is 2. The van der Waals surface area contributed by atoms with Crippen molar-refractivity contribution < 1.29 is 9.84 Å². The predicted octanol–water partition coefficient (Wildman–Crippen LogP) is 3.49. The van der Waals surface area contributed by atoms with E-state index in [9.17, 15) is 5.11 Å². The van der Waals surface area contributed by atoms with Gasteiger partial charge in [-0.3, -0.25) is 0 Å². The third-order valence-electron chi connectivity index (χ3n) is 7.05. The summed E-state index contributed by atoms with van der Waals surface area (Å²) in [5, 5.41) is 12.4. The van der Waals surface area contributed by atoms with Gasteiger partial charge in [-0.15, -0.1) is 0 Å². The zero-order chi connectivity index (χ0) is 21.7. The summed E-state index contributed by atoms with van der Waals surface area (Å²) in [7, 11) is 0. The van der Waals surface area contributed by atoms with Gasteiger partial charge in [0.05, 0.1) is 12.2 Å². The number of likely N-dealkylation sites (tertiary alicyclic amines) is 1. The number of anilines is 2. The molecule has 3 aromatic rings. The second-order valence-corrected chi connectivity index (χ2v) is 9.26. The molecule has 0 bridgehead atoms. The van der Waals surface area contributed by atoms with Crippen LogP contribution in [0.25, 0.3) is 10.8 Å². The minimum atomic E-state index is 0.150. The van der Waals surface area contributed by atoms with E-state index in [1.807, 2.05) is 24.3 Å². The molecule has 7 nitrogen and oxygen atoms in total. The molecule has 166 valence electrons. The highest BCUT2D eigenvalue weighted by atomic mass is 16.5. The Bertz CT molecular complexity index is 1150. The van der Waals surface area contributed by atoms with E-state index in [2.05, 4.69) is 20.9 Å². The van der Waals surface area contributed by atoms with Crippen LogP contribution in [0.3, 0.4) is 0 Å². The molecule has 0 amide bonds. The fourth-order valence-electron chi connectivity index (χ4n) is 5.18. The van der Waals surface area contributed by atoms with Crippen LogP contribution in [0.5, 0.6) is 11.8 Å². The Kier molecular flexibility index (Phi) is 4.79. The van der Waals surface area contributed by atoms with Crippen molar-refractivity contribution >= 4 is 22.3 Å². The average Bonchev–Trinajstić information content (AvgIpc) is 3.64. The number of phenolic OH excluding ortho intramolecular Hbond substituents is 1. The summed E-state index contributed by atoms with van der Waals surface area (Å²) >= 11 is 0. The summed E-state index contributed by atoms with van der Waals surface area (Å²) in [5.74, 6) is 0.800. The minimum Gasteiger partial charge on any atom is -0.508 e. The second kappa shape index (κ2) is 7.81. The molecule has 1 aromatic heterocycles. The number of phenols is 1. The number of fused-ring (bicyclic) bond motifs is 2. The Morgan fingerprint density at radius 3 is 2.62 bits per heavy atom. The van der Waals surface area contributed by atoms with Crippen molar-refractivity contribution in [1.82, 2.24) is 14.9 Å². The molecule has 1 saturated heterocycles. The molecule has 0 radical (unpaired) electrons. The van der Waals surface area contributed by atoms with E-state index < -0.39 is 0 Å². The Morgan fingerprint density at radius 1 is 1.00 bits per heavy atom. The maximum absolute atomic E-state index is 10.3. The highest BCUT2D eigenvalue weighted by Crippen LogP contribution is 2.35. The SMILES string of the molecule is Nc1nc(OC2CCN(C3CC3)CC2)nc2c1CCN(c1cc(O)cc3ccccc13)C2. The fraction of sp³-hybridized carbons (Fsp3) is 0.440. The maximum Gasteiger partial charge on any atom is 0.318 e. The molecule has 2 aliphatic heterocycles. The van der Waals surface area contributed by atoms with Gasteiger partial charge in [0, 0.05) is 48.4 Å². The number of aromatic hydroxyl groups is 1. The Labute approximate surface area is 187 Å². The second-order valence-electron chi connectivity index (χ2n) is 9.26. The van der Waals surface area contributed by atoms with E-state index in [1.54, 1.807) is 6.07 Å². The number of nitrogens with zero attached hydrogens (tertiary/aromatic N) is 4. The molecule has 7 heteroatoms. The van der Waals surface area contributed by atoms with Crippen LogP contribution in [0.1, 0.15) is 36.9 Å². The first-order valence-electron chi connectivity index (χ1n) is 11.7. The Balaban J connectivity index is 1.23. The molecule has 0 unspecified atom stereocenters. The van der Waals surface area contributed by atoms with Crippen molar-refractivity contribution in [2.75, 3.05) is 30.3 Å². The van der Waals surface area contributed by atoms with Crippen molar-refractivity contribution in [3.63, 3.8) is 0 Å². The number of nitrogen functional groups attached to an aromatic ring is 1. The number of rotatable bonds is 4. The molecule has 3 aliphatic rings. The number of aromatic nitrogens is 2. The molecule has 0 atom stereocenters. The van der Waals surface area contributed by atoms with Crippen molar-refractivity contribution in [1.29, 1.82) is 0 Å².